The molecule has 6 heteroatoms. The van der Waals surface area contributed by atoms with Gasteiger partial charge in [-0.3, -0.25) is 10.4 Å². The molecule has 0 saturated carbocycles. The Bertz CT molecular complexity index is 804. The van der Waals surface area contributed by atoms with Crippen LogP contribution in [0, 0.1) is 11.3 Å². The minimum absolute atomic E-state index is 0.141. The van der Waals surface area contributed by atoms with E-state index in [4.69, 9.17) is 15.9 Å². The van der Waals surface area contributed by atoms with E-state index in [9.17, 15) is 0 Å². The van der Waals surface area contributed by atoms with Crippen molar-refractivity contribution in [1.29, 1.82) is 5.41 Å². The standard InChI is InChI=1S/C22H29N5O/c23-22(24)27-12-7-17-1-2-20(14-19(17)15-27)28-21(18-5-10-26-11-6-18)13-16-3-8-25-9-4-16/h1-4,8-9,14,18,21,26H,5-7,10-13,15H2,(H3,23,24). The van der Waals surface area contributed by atoms with Crippen molar-refractivity contribution in [1.82, 2.24) is 15.2 Å². The van der Waals surface area contributed by atoms with Crippen LogP contribution in [-0.4, -0.2) is 41.6 Å². The zero-order valence-corrected chi connectivity index (χ0v) is 16.2. The van der Waals surface area contributed by atoms with Crippen LogP contribution in [0.2, 0.25) is 0 Å². The molecule has 2 aliphatic heterocycles. The number of ether oxygens (including phenoxy) is 1. The van der Waals surface area contributed by atoms with Crippen molar-refractivity contribution in [3.05, 3.63) is 59.4 Å². The van der Waals surface area contributed by atoms with Gasteiger partial charge in [-0.25, -0.2) is 0 Å². The van der Waals surface area contributed by atoms with E-state index in [1.54, 1.807) is 0 Å². The molecule has 1 aromatic carbocycles. The van der Waals surface area contributed by atoms with Crippen LogP contribution in [0.25, 0.3) is 0 Å². The van der Waals surface area contributed by atoms with Crippen molar-refractivity contribution in [2.75, 3.05) is 19.6 Å². The summed E-state index contributed by atoms with van der Waals surface area (Å²) in [6.07, 6.45) is 7.94. The molecule has 2 aliphatic rings. The molecule has 2 aromatic rings. The van der Waals surface area contributed by atoms with E-state index in [-0.39, 0.29) is 12.1 Å². The van der Waals surface area contributed by atoms with Gasteiger partial charge in [0, 0.05) is 31.9 Å². The number of aromatic nitrogens is 1. The number of benzene rings is 1. The highest BCUT2D eigenvalue weighted by Gasteiger charge is 2.26. The lowest BCUT2D eigenvalue weighted by molar-refractivity contribution is 0.112. The maximum absolute atomic E-state index is 7.72. The molecule has 1 atom stereocenters. The lowest BCUT2D eigenvalue weighted by Crippen LogP contribution is -2.40. The van der Waals surface area contributed by atoms with Gasteiger partial charge >= 0.3 is 0 Å². The van der Waals surface area contributed by atoms with Gasteiger partial charge in [0.25, 0.3) is 0 Å². The molecule has 4 rings (SSSR count). The van der Waals surface area contributed by atoms with E-state index in [0.29, 0.717) is 12.5 Å². The third-order valence-electron chi connectivity index (χ3n) is 5.91. The Hall–Kier alpha value is -2.60. The summed E-state index contributed by atoms with van der Waals surface area (Å²) in [7, 11) is 0. The van der Waals surface area contributed by atoms with Crippen molar-refractivity contribution in [3.8, 4) is 5.75 Å². The predicted molar refractivity (Wildman–Crippen MR) is 110 cm³/mol. The minimum atomic E-state index is 0.141. The van der Waals surface area contributed by atoms with E-state index >= 15 is 0 Å². The van der Waals surface area contributed by atoms with Crippen LogP contribution < -0.4 is 15.8 Å². The van der Waals surface area contributed by atoms with Crippen molar-refractivity contribution in [2.24, 2.45) is 11.7 Å². The van der Waals surface area contributed by atoms with Gasteiger partial charge in [-0.1, -0.05) is 6.07 Å². The Labute approximate surface area is 166 Å². The van der Waals surface area contributed by atoms with Crippen LogP contribution in [0.3, 0.4) is 0 Å². The van der Waals surface area contributed by atoms with E-state index in [0.717, 1.165) is 51.1 Å². The summed E-state index contributed by atoms with van der Waals surface area (Å²) in [4.78, 5) is 6.05. The van der Waals surface area contributed by atoms with E-state index in [1.165, 1.54) is 16.7 Å². The maximum Gasteiger partial charge on any atom is 0.188 e. The second-order valence-electron chi connectivity index (χ2n) is 7.79. The molecule has 1 aromatic heterocycles. The van der Waals surface area contributed by atoms with Gasteiger partial charge in [-0.2, -0.15) is 0 Å². The zero-order valence-electron chi connectivity index (χ0n) is 16.2. The number of hydrogen-bond acceptors (Lipinski definition) is 4. The van der Waals surface area contributed by atoms with Gasteiger partial charge in [-0.05, 0) is 79.2 Å². The maximum atomic E-state index is 7.72. The van der Waals surface area contributed by atoms with Crippen LogP contribution in [0.4, 0.5) is 0 Å². The summed E-state index contributed by atoms with van der Waals surface area (Å²) >= 11 is 0. The number of rotatable bonds is 5. The second kappa shape index (κ2) is 8.61. The molecule has 0 aliphatic carbocycles. The highest BCUT2D eigenvalue weighted by atomic mass is 16.5. The van der Waals surface area contributed by atoms with Crippen molar-refractivity contribution in [3.63, 3.8) is 0 Å². The lowest BCUT2D eigenvalue weighted by Gasteiger charge is -2.32. The molecule has 4 N–H and O–H groups in total. The molecule has 0 spiro atoms. The van der Waals surface area contributed by atoms with Gasteiger partial charge < -0.3 is 20.7 Å². The van der Waals surface area contributed by atoms with Crippen LogP contribution in [0.15, 0.2) is 42.7 Å². The van der Waals surface area contributed by atoms with Crippen molar-refractivity contribution >= 4 is 5.96 Å². The van der Waals surface area contributed by atoms with Gasteiger partial charge in [0.15, 0.2) is 5.96 Å². The topological polar surface area (TPSA) is 87.3 Å². The Kier molecular flexibility index (Phi) is 5.76. The average molecular weight is 380 g/mol. The number of nitrogens with two attached hydrogens (primary N) is 1. The molecule has 1 saturated heterocycles. The lowest BCUT2D eigenvalue weighted by atomic mass is 9.88. The van der Waals surface area contributed by atoms with E-state index < -0.39 is 0 Å². The SMILES string of the molecule is N=C(N)N1CCc2ccc(OC(Cc3ccncc3)C3CCNCC3)cc2C1. The molecule has 6 nitrogen and oxygen atoms in total. The molecule has 28 heavy (non-hydrogen) atoms. The number of nitrogens with one attached hydrogen (secondary N) is 2. The number of fused-ring (bicyclic) bond motifs is 1. The highest BCUT2D eigenvalue weighted by Crippen LogP contribution is 2.28. The Balaban J connectivity index is 1.53. The van der Waals surface area contributed by atoms with Gasteiger partial charge in [0.05, 0.1) is 0 Å². The first-order valence-corrected chi connectivity index (χ1v) is 10.2. The average Bonchev–Trinajstić information content (AvgIpc) is 2.74. The molecule has 0 amide bonds. The third-order valence-corrected chi connectivity index (χ3v) is 5.91. The third kappa shape index (κ3) is 4.44. The van der Waals surface area contributed by atoms with Crippen molar-refractivity contribution < 1.29 is 4.74 Å². The zero-order chi connectivity index (χ0) is 19.3. The monoisotopic (exact) mass is 379 g/mol. The van der Waals surface area contributed by atoms with Gasteiger partial charge in [0.1, 0.15) is 11.9 Å². The van der Waals surface area contributed by atoms with Crippen molar-refractivity contribution in [2.45, 2.75) is 38.3 Å². The quantitative estimate of drug-likeness (QED) is 0.548. The van der Waals surface area contributed by atoms with Crippen LogP contribution in [0.5, 0.6) is 5.75 Å². The molecule has 3 heterocycles. The van der Waals surface area contributed by atoms with Crippen LogP contribution in [0.1, 0.15) is 29.5 Å². The van der Waals surface area contributed by atoms with Crippen LogP contribution in [-0.2, 0) is 19.4 Å². The summed E-state index contributed by atoms with van der Waals surface area (Å²) in [6, 6.07) is 10.6. The molecule has 1 unspecified atom stereocenters. The molecule has 0 bridgehead atoms. The number of pyridine rings is 1. The molecular formula is C22H29N5O. The smallest absolute Gasteiger partial charge is 0.188 e. The largest absolute Gasteiger partial charge is 0.490 e. The number of nitrogens with zero attached hydrogens (tertiary/aromatic N) is 2. The number of guanidine groups is 1. The fourth-order valence-electron chi connectivity index (χ4n) is 4.26. The van der Waals surface area contributed by atoms with E-state index in [1.807, 2.05) is 17.3 Å². The summed E-state index contributed by atoms with van der Waals surface area (Å²) in [6.45, 7) is 3.60. The second-order valence-corrected chi connectivity index (χ2v) is 7.79. The van der Waals surface area contributed by atoms with Crippen LogP contribution >= 0.6 is 0 Å². The van der Waals surface area contributed by atoms with Gasteiger partial charge in [-0.15, -0.1) is 0 Å². The minimum Gasteiger partial charge on any atom is -0.490 e. The fourth-order valence-corrected chi connectivity index (χ4v) is 4.26. The van der Waals surface area contributed by atoms with E-state index in [2.05, 4.69) is 40.6 Å². The highest BCUT2D eigenvalue weighted by molar-refractivity contribution is 5.75. The molecule has 0 radical (unpaired) electrons. The summed E-state index contributed by atoms with van der Waals surface area (Å²) in [5, 5.41) is 11.2. The Morgan fingerprint density at radius 2 is 2.00 bits per heavy atom. The molecular weight excluding hydrogens is 350 g/mol. The summed E-state index contributed by atoms with van der Waals surface area (Å²) < 4.78 is 6.57. The molecule has 1 fully saturated rings. The Morgan fingerprint density at radius 3 is 2.75 bits per heavy atom. The number of hydrogen-bond donors (Lipinski definition) is 3. The normalized spacial score (nSPS) is 18.4. The first-order valence-electron chi connectivity index (χ1n) is 10.2. The van der Waals surface area contributed by atoms with Gasteiger partial charge in [0.2, 0.25) is 0 Å². The summed E-state index contributed by atoms with van der Waals surface area (Å²) in [5.41, 5.74) is 9.50. The predicted octanol–water partition coefficient (Wildman–Crippen LogP) is 2.32. The molecule has 148 valence electrons. The Morgan fingerprint density at radius 1 is 1.21 bits per heavy atom. The first-order chi connectivity index (χ1) is 13.7. The fraction of sp³-hybridized carbons (Fsp3) is 0.455. The summed E-state index contributed by atoms with van der Waals surface area (Å²) in [5.74, 6) is 1.60. The number of piperidine rings is 1. The first kappa shape index (κ1) is 18.7.